The highest BCUT2D eigenvalue weighted by molar-refractivity contribution is 9.09. The number of nitrogens with one attached hydrogen (secondary N) is 1. The lowest BCUT2D eigenvalue weighted by molar-refractivity contribution is -0.121. The van der Waals surface area contributed by atoms with Crippen LogP contribution in [-0.4, -0.2) is 25.5 Å². The number of hydrogen-bond donors (Lipinski definition) is 1. The van der Waals surface area contributed by atoms with Crippen molar-refractivity contribution >= 4 is 21.8 Å². The van der Waals surface area contributed by atoms with Gasteiger partial charge in [-0.25, -0.2) is 0 Å². The first-order chi connectivity index (χ1) is 8.62. The third kappa shape index (κ3) is 3.91. The fourth-order valence-corrected chi connectivity index (χ4v) is 1.97. The SMILES string of the molecule is COc1ccc(C(C)NC(=O)CCBr)cc1OC. The molecule has 5 heteroatoms. The summed E-state index contributed by atoms with van der Waals surface area (Å²) in [6.07, 6.45) is 0.470. The van der Waals surface area contributed by atoms with Crippen LogP contribution in [0.15, 0.2) is 18.2 Å². The van der Waals surface area contributed by atoms with Crippen molar-refractivity contribution in [1.82, 2.24) is 5.32 Å². The first-order valence-corrected chi connectivity index (χ1v) is 6.81. The number of benzene rings is 1. The molecule has 4 nitrogen and oxygen atoms in total. The third-order valence-electron chi connectivity index (χ3n) is 2.61. The van der Waals surface area contributed by atoms with E-state index in [0.29, 0.717) is 23.2 Å². The normalized spacial score (nSPS) is 11.8. The lowest BCUT2D eigenvalue weighted by Crippen LogP contribution is -2.26. The molecule has 0 fully saturated rings. The van der Waals surface area contributed by atoms with Crippen molar-refractivity contribution in [3.63, 3.8) is 0 Å². The average Bonchev–Trinajstić information content (AvgIpc) is 2.38. The number of carbonyl (C=O) groups is 1. The maximum atomic E-state index is 11.5. The number of rotatable bonds is 6. The summed E-state index contributed by atoms with van der Waals surface area (Å²) < 4.78 is 10.4. The first kappa shape index (κ1) is 14.8. The van der Waals surface area contributed by atoms with Crippen molar-refractivity contribution in [2.24, 2.45) is 0 Å². The highest BCUT2D eigenvalue weighted by Crippen LogP contribution is 2.29. The lowest BCUT2D eigenvalue weighted by atomic mass is 10.1. The highest BCUT2D eigenvalue weighted by atomic mass is 79.9. The molecular formula is C13H18BrNO3. The predicted octanol–water partition coefficient (Wildman–Crippen LogP) is 2.67. The van der Waals surface area contributed by atoms with E-state index in [2.05, 4.69) is 21.2 Å². The van der Waals surface area contributed by atoms with Crippen LogP contribution in [0.2, 0.25) is 0 Å². The summed E-state index contributed by atoms with van der Waals surface area (Å²) in [7, 11) is 3.19. The van der Waals surface area contributed by atoms with Gasteiger partial charge in [0.15, 0.2) is 11.5 Å². The Morgan fingerprint density at radius 2 is 2.00 bits per heavy atom. The highest BCUT2D eigenvalue weighted by Gasteiger charge is 2.12. The minimum Gasteiger partial charge on any atom is -0.493 e. The Kier molecular flexibility index (Phi) is 5.98. The summed E-state index contributed by atoms with van der Waals surface area (Å²) >= 11 is 3.24. The average molecular weight is 316 g/mol. The first-order valence-electron chi connectivity index (χ1n) is 5.69. The molecule has 0 aliphatic rings. The molecule has 0 aliphatic heterocycles. The van der Waals surface area contributed by atoms with E-state index in [1.54, 1.807) is 14.2 Å². The smallest absolute Gasteiger partial charge is 0.221 e. The summed E-state index contributed by atoms with van der Waals surface area (Å²) in [5.41, 5.74) is 0.982. The van der Waals surface area contributed by atoms with Crippen LogP contribution in [0.1, 0.15) is 24.9 Å². The van der Waals surface area contributed by atoms with E-state index < -0.39 is 0 Å². The maximum absolute atomic E-state index is 11.5. The Balaban J connectivity index is 2.79. The van der Waals surface area contributed by atoms with Gasteiger partial charge in [0, 0.05) is 11.8 Å². The maximum Gasteiger partial charge on any atom is 0.221 e. The van der Waals surface area contributed by atoms with Gasteiger partial charge in [-0.3, -0.25) is 4.79 Å². The molecule has 18 heavy (non-hydrogen) atoms. The van der Waals surface area contributed by atoms with Gasteiger partial charge in [-0.15, -0.1) is 0 Å². The summed E-state index contributed by atoms with van der Waals surface area (Å²) in [4.78, 5) is 11.5. The van der Waals surface area contributed by atoms with Gasteiger partial charge in [0.05, 0.1) is 20.3 Å². The fraction of sp³-hybridized carbons (Fsp3) is 0.462. The number of halogens is 1. The Hall–Kier alpha value is -1.23. The third-order valence-corrected chi connectivity index (χ3v) is 3.00. The van der Waals surface area contributed by atoms with Crippen LogP contribution in [0.5, 0.6) is 11.5 Å². The molecule has 1 atom stereocenters. The van der Waals surface area contributed by atoms with Crippen LogP contribution in [0.25, 0.3) is 0 Å². The Labute approximate surface area is 116 Å². The van der Waals surface area contributed by atoms with Gasteiger partial charge in [-0.05, 0) is 24.6 Å². The number of amides is 1. The molecule has 0 radical (unpaired) electrons. The zero-order valence-electron chi connectivity index (χ0n) is 10.8. The fourth-order valence-electron chi connectivity index (χ4n) is 1.60. The van der Waals surface area contributed by atoms with Gasteiger partial charge in [0.25, 0.3) is 0 Å². The van der Waals surface area contributed by atoms with Gasteiger partial charge < -0.3 is 14.8 Å². The number of carbonyl (C=O) groups excluding carboxylic acids is 1. The molecule has 0 saturated carbocycles. The Morgan fingerprint density at radius 1 is 1.33 bits per heavy atom. The van der Waals surface area contributed by atoms with E-state index in [1.165, 1.54) is 0 Å². The summed E-state index contributed by atoms with van der Waals surface area (Å²) in [5.74, 6) is 1.37. The minimum absolute atomic E-state index is 0.0224. The van der Waals surface area contributed by atoms with Crippen molar-refractivity contribution in [3.8, 4) is 11.5 Å². The van der Waals surface area contributed by atoms with Gasteiger partial charge in [0.2, 0.25) is 5.91 Å². The van der Waals surface area contributed by atoms with E-state index in [1.807, 2.05) is 25.1 Å². The van der Waals surface area contributed by atoms with Crippen molar-refractivity contribution < 1.29 is 14.3 Å². The van der Waals surface area contributed by atoms with E-state index in [9.17, 15) is 4.79 Å². The quantitative estimate of drug-likeness (QED) is 0.821. The van der Waals surface area contributed by atoms with E-state index >= 15 is 0 Å². The summed E-state index contributed by atoms with van der Waals surface area (Å²) in [5, 5.41) is 3.58. The van der Waals surface area contributed by atoms with Gasteiger partial charge >= 0.3 is 0 Å². The molecule has 100 valence electrons. The molecule has 1 rings (SSSR count). The van der Waals surface area contributed by atoms with Crippen LogP contribution in [-0.2, 0) is 4.79 Å². The van der Waals surface area contributed by atoms with E-state index in [-0.39, 0.29) is 11.9 Å². The summed E-state index contributed by atoms with van der Waals surface area (Å²) in [6, 6.07) is 5.57. The topological polar surface area (TPSA) is 47.6 Å². The van der Waals surface area contributed by atoms with Crippen molar-refractivity contribution in [2.45, 2.75) is 19.4 Å². The standard InChI is InChI=1S/C13H18BrNO3/c1-9(15-13(16)6-7-14)10-4-5-11(17-2)12(8-10)18-3/h4-5,8-9H,6-7H2,1-3H3,(H,15,16). The monoisotopic (exact) mass is 315 g/mol. The molecule has 0 saturated heterocycles. The largest absolute Gasteiger partial charge is 0.493 e. The van der Waals surface area contributed by atoms with Crippen LogP contribution in [0.3, 0.4) is 0 Å². The molecule has 1 amide bonds. The van der Waals surface area contributed by atoms with Crippen LogP contribution in [0.4, 0.5) is 0 Å². The van der Waals surface area contributed by atoms with Crippen molar-refractivity contribution in [3.05, 3.63) is 23.8 Å². The van der Waals surface area contributed by atoms with Gasteiger partial charge in [0.1, 0.15) is 0 Å². The molecule has 1 N–H and O–H groups in total. The molecule has 0 aliphatic carbocycles. The van der Waals surface area contributed by atoms with Gasteiger partial charge in [-0.1, -0.05) is 22.0 Å². The van der Waals surface area contributed by atoms with E-state index in [4.69, 9.17) is 9.47 Å². The van der Waals surface area contributed by atoms with Crippen molar-refractivity contribution in [1.29, 1.82) is 0 Å². The zero-order valence-corrected chi connectivity index (χ0v) is 12.4. The summed E-state index contributed by atoms with van der Waals surface area (Å²) in [6.45, 7) is 1.94. The minimum atomic E-state index is -0.0589. The second-order valence-corrected chi connectivity index (χ2v) is 4.64. The molecule has 0 aromatic heterocycles. The number of methoxy groups -OCH3 is 2. The van der Waals surface area contributed by atoms with Gasteiger partial charge in [-0.2, -0.15) is 0 Å². The molecular weight excluding hydrogens is 298 g/mol. The Bertz CT molecular complexity index is 409. The van der Waals surface area contributed by atoms with Crippen molar-refractivity contribution in [2.75, 3.05) is 19.5 Å². The Morgan fingerprint density at radius 3 is 2.56 bits per heavy atom. The predicted molar refractivity (Wildman–Crippen MR) is 74.5 cm³/mol. The number of ether oxygens (including phenoxy) is 2. The van der Waals surface area contributed by atoms with Crippen LogP contribution >= 0.6 is 15.9 Å². The molecule has 0 spiro atoms. The van der Waals surface area contributed by atoms with Crippen LogP contribution in [0, 0.1) is 0 Å². The van der Waals surface area contributed by atoms with Crippen LogP contribution < -0.4 is 14.8 Å². The molecule has 1 unspecified atom stereocenters. The number of hydrogen-bond acceptors (Lipinski definition) is 3. The second kappa shape index (κ2) is 7.26. The van der Waals surface area contributed by atoms with E-state index in [0.717, 1.165) is 5.56 Å². The molecule has 0 bridgehead atoms. The second-order valence-electron chi connectivity index (χ2n) is 3.84. The molecule has 0 heterocycles. The molecule has 1 aromatic rings. The number of alkyl halides is 1. The zero-order chi connectivity index (χ0) is 13.5. The lowest BCUT2D eigenvalue weighted by Gasteiger charge is -2.16. The molecule has 1 aromatic carbocycles.